The van der Waals surface area contributed by atoms with E-state index in [9.17, 15) is 9.59 Å². The molecular weight excluding hydrogens is 472 g/mol. The highest BCUT2D eigenvalue weighted by Gasteiger charge is 2.20. The van der Waals surface area contributed by atoms with Gasteiger partial charge in [0.1, 0.15) is 5.76 Å². The van der Waals surface area contributed by atoms with Crippen molar-refractivity contribution in [2.75, 3.05) is 12.3 Å². The Hall–Kier alpha value is -3.54. The molecule has 0 spiro atoms. The van der Waals surface area contributed by atoms with Gasteiger partial charge in [-0.3, -0.25) is 14.2 Å². The van der Waals surface area contributed by atoms with E-state index in [0.717, 1.165) is 5.56 Å². The summed E-state index contributed by atoms with van der Waals surface area (Å²) in [5, 5.41) is 10.4. The van der Waals surface area contributed by atoms with Gasteiger partial charge in [-0.25, -0.2) is 4.98 Å². The maximum atomic E-state index is 13.5. The molecule has 0 aliphatic heterocycles. The summed E-state index contributed by atoms with van der Waals surface area (Å²) >= 11 is 7.51. The number of amides is 1. The molecule has 0 atom stereocenters. The number of rotatable bonds is 8. The molecule has 2 heterocycles. The number of nitrogens with zero attached hydrogens (tertiary/aromatic N) is 4. The minimum atomic E-state index is -0.233. The van der Waals surface area contributed by atoms with E-state index in [2.05, 4.69) is 6.07 Å². The Kier molecular flexibility index (Phi) is 7.36. The van der Waals surface area contributed by atoms with E-state index in [1.54, 1.807) is 59.7 Å². The third-order valence-electron chi connectivity index (χ3n) is 5.32. The number of hydrogen-bond donors (Lipinski definition) is 0. The van der Waals surface area contributed by atoms with Crippen LogP contribution in [0.4, 0.5) is 0 Å². The van der Waals surface area contributed by atoms with E-state index >= 15 is 0 Å². The summed E-state index contributed by atoms with van der Waals surface area (Å²) in [7, 11) is 0. The second-order valence-corrected chi connectivity index (χ2v) is 8.88. The van der Waals surface area contributed by atoms with Gasteiger partial charge >= 0.3 is 0 Å². The van der Waals surface area contributed by atoms with Crippen LogP contribution in [0, 0.1) is 18.3 Å². The topological polar surface area (TPSA) is 92.1 Å². The average molecular weight is 493 g/mol. The molecule has 4 rings (SSSR count). The minimum absolute atomic E-state index is 0.0382. The van der Waals surface area contributed by atoms with Crippen LogP contribution in [-0.4, -0.2) is 32.7 Å². The summed E-state index contributed by atoms with van der Waals surface area (Å²) < 4.78 is 6.88. The molecule has 0 N–H and O–H groups in total. The van der Waals surface area contributed by atoms with Crippen molar-refractivity contribution >= 4 is 40.2 Å². The second-order valence-electron chi connectivity index (χ2n) is 7.53. The van der Waals surface area contributed by atoms with Gasteiger partial charge in [0.05, 0.1) is 47.6 Å². The van der Waals surface area contributed by atoms with Crippen molar-refractivity contribution in [3.05, 3.63) is 87.6 Å². The highest BCUT2D eigenvalue weighted by atomic mass is 35.5. The van der Waals surface area contributed by atoms with Crippen molar-refractivity contribution in [1.82, 2.24) is 14.5 Å². The largest absolute Gasteiger partial charge is 0.467 e. The molecule has 0 unspecified atom stereocenters. The van der Waals surface area contributed by atoms with E-state index in [1.807, 2.05) is 13.0 Å². The number of carbonyl (C=O) groups excluding carboxylic acids is 1. The van der Waals surface area contributed by atoms with Crippen LogP contribution in [0.25, 0.3) is 16.6 Å². The molecule has 0 bridgehead atoms. The van der Waals surface area contributed by atoms with Crippen LogP contribution in [0.1, 0.15) is 17.7 Å². The Bertz CT molecular complexity index is 1430. The molecule has 0 saturated heterocycles. The van der Waals surface area contributed by atoms with Gasteiger partial charge in [0, 0.05) is 11.6 Å². The highest BCUT2D eigenvalue weighted by Crippen LogP contribution is 2.27. The van der Waals surface area contributed by atoms with Crippen LogP contribution in [-0.2, 0) is 11.3 Å². The monoisotopic (exact) mass is 492 g/mol. The third-order valence-corrected chi connectivity index (χ3v) is 6.66. The van der Waals surface area contributed by atoms with Crippen LogP contribution in [0.5, 0.6) is 0 Å². The number of hydrogen-bond acceptors (Lipinski definition) is 6. The van der Waals surface area contributed by atoms with E-state index in [0.29, 0.717) is 32.5 Å². The first-order valence-corrected chi connectivity index (χ1v) is 11.9. The van der Waals surface area contributed by atoms with Crippen LogP contribution in [0.15, 0.2) is 75.2 Å². The number of para-hydroxylation sites is 1. The molecule has 9 heteroatoms. The van der Waals surface area contributed by atoms with Gasteiger partial charge in [-0.15, -0.1) is 0 Å². The van der Waals surface area contributed by atoms with Gasteiger partial charge < -0.3 is 9.32 Å². The van der Waals surface area contributed by atoms with Gasteiger partial charge in [0.15, 0.2) is 5.16 Å². The van der Waals surface area contributed by atoms with Crippen LogP contribution in [0.2, 0.25) is 5.02 Å². The Morgan fingerprint density at radius 3 is 2.79 bits per heavy atom. The second kappa shape index (κ2) is 10.6. The van der Waals surface area contributed by atoms with Crippen LogP contribution >= 0.6 is 23.4 Å². The smallest absolute Gasteiger partial charge is 0.266 e. The molecule has 1 amide bonds. The molecule has 0 saturated carbocycles. The van der Waals surface area contributed by atoms with Crippen molar-refractivity contribution in [3.8, 4) is 11.8 Å². The number of carbonyl (C=O) groups is 1. The first kappa shape index (κ1) is 23.6. The SMILES string of the molecule is Cc1c(Cl)cccc1-n1c(SCC(=O)N(CCC#N)Cc2ccco2)nc2ccccc2c1=O. The first-order valence-electron chi connectivity index (χ1n) is 10.6. The lowest BCUT2D eigenvalue weighted by atomic mass is 10.2. The standard InChI is InChI=1S/C25H21ClN4O3S/c1-17-20(26)9-4-11-22(17)30-24(32)19-8-2-3-10-21(19)28-25(30)34-16-23(31)29(13-6-12-27)15-18-7-5-14-33-18/h2-5,7-11,14H,6,13,15-16H2,1H3. The fourth-order valence-corrected chi connectivity index (χ4v) is 4.62. The number of furan rings is 1. The predicted octanol–water partition coefficient (Wildman–Crippen LogP) is 4.98. The lowest BCUT2D eigenvalue weighted by molar-refractivity contribution is -0.129. The molecule has 172 valence electrons. The molecule has 4 aromatic rings. The number of fused-ring (bicyclic) bond motifs is 1. The average Bonchev–Trinajstić information content (AvgIpc) is 3.36. The van der Waals surface area contributed by atoms with Crippen molar-refractivity contribution in [3.63, 3.8) is 0 Å². The molecule has 0 fully saturated rings. The molecule has 0 aliphatic rings. The van der Waals surface area contributed by atoms with Crippen LogP contribution < -0.4 is 5.56 Å². The summed E-state index contributed by atoms with van der Waals surface area (Å²) in [4.78, 5) is 32.8. The van der Waals surface area contributed by atoms with E-state index in [1.165, 1.54) is 16.3 Å². The number of nitriles is 1. The maximum absolute atomic E-state index is 13.5. The Morgan fingerprint density at radius 2 is 2.03 bits per heavy atom. The third kappa shape index (κ3) is 5.01. The summed E-state index contributed by atoms with van der Waals surface area (Å²) in [6.45, 7) is 2.38. The van der Waals surface area contributed by atoms with Gasteiger partial charge in [0.2, 0.25) is 5.91 Å². The molecule has 0 radical (unpaired) electrons. The quantitative estimate of drug-likeness (QED) is 0.254. The summed E-state index contributed by atoms with van der Waals surface area (Å²) in [6.07, 6.45) is 1.75. The Morgan fingerprint density at radius 1 is 1.21 bits per heavy atom. The van der Waals surface area contributed by atoms with Crippen molar-refractivity contribution < 1.29 is 9.21 Å². The van der Waals surface area contributed by atoms with Crippen LogP contribution in [0.3, 0.4) is 0 Å². The van der Waals surface area contributed by atoms with Crippen molar-refractivity contribution in [2.24, 2.45) is 0 Å². The number of thioether (sulfide) groups is 1. The van der Waals surface area contributed by atoms with Gasteiger partial charge in [0.25, 0.3) is 5.56 Å². The molecule has 2 aromatic carbocycles. The lowest BCUT2D eigenvalue weighted by Crippen LogP contribution is -2.33. The van der Waals surface area contributed by atoms with Crippen molar-refractivity contribution in [2.45, 2.75) is 25.0 Å². The predicted molar refractivity (Wildman–Crippen MR) is 132 cm³/mol. The van der Waals surface area contributed by atoms with E-state index in [4.69, 9.17) is 26.3 Å². The fraction of sp³-hybridized carbons (Fsp3) is 0.200. The number of aromatic nitrogens is 2. The molecule has 0 aliphatic carbocycles. The molecule has 7 nitrogen and oxygen atoms in total. The molecule has 34 heavy (non-hydrogen) atoms. The zero-order chi connectivity index (χ0) is 24.1. The van der Waals surface area contributed by atoms with E-state index in [-0.39, 0.29) is 36.7 Å². The van der Waals surface area contributed by atoms with Gasteiger partial charge in [-0.1, -0.05) is 41.6 Å². The van der Waals surface area contributed by atoms with Gasteiger partial charge in [-0.2, -0.15) is 5.26 Å². The Balaban J connectivity index is 1.69. The first-order chi connectivity index (χ1) is 16.5. The highest BCUT2D eigenvalue weighted by molar-refractivity contribution is 7.99. The number of benzene rings is 2. The molecular formula is C25H21ClN4O3S. The normalized spacial score (nSPS) is 10.9. The minimum Gasteiger partial charge on any atom is -0.467 e. The Labute approximate surface area is 205 Å². The number of halogens is 1. The fourth-order valence-electron chi connectivity index (χ4n) is 3.55. The van der Waals surface area contributed by atoms with Crippen molar-refractivity contribution in [1.29, 1.82) is 5.26 Å². The zero-order valence-corrected chi connectivity index (χ0v) is 20.0. The summed E-state index contributed by atoms with van der Waals surface area (Å²) in [5.41, 5.74) is 1.67. The summed E-state index contributed by atoms with van der Waals surface area (Å²) in [6, 6.07) is 18.1. The maximum Gasteiger partial charge on any atom is 0.266 e. The molecule has 2 aromatic heterocycles. The lowest BCUT2D eigenvalue weighted by Gasteiger charge is -2.21. The summed E-state index contributed by atoms with van der Waals surface area (Å²) in [5.74, 6) is 0.483. The van der Waals surface area contributed by atoms with E-state index < -0.39 is 0 Å². The zero-order valence-electron chi connectivity index (χ0n) is 18.4. The van der Waals surface area contributed by atoms with Gasteiger partial charge in [-0.05, 0) is 48.9 Å².